The minimum Gasteiger partial charge on any atom is -0.328 e. The van der Waals surface area contributed by atoms with Gasteiger partial charge in [0.15, 0.2) is 0 Å². The molecule has 0 bridgehead atoms. The Labute approximate surface area is 124 Å². The molecule has 0 saturated heterocycles. The van der Waals surface area contributed by atoms with Crippen LogP contribution in [0.25, 0.3) is 0 Å². The second-order valence-corrected chi connectivity index (χ2v) is 5.45. The summed E-state index contributed by atoms with van der Waals surface area (Å²) in [4.78, 5) is 0. The summed E-state index contributed by atoms with van der Waals surface area (Å²) in [5, 5.41) is 0. The summed E-state index contributed by atoms with van der Waals surface area (Å²) in [6, 6.07) is 14.0. The summed E-state index contributed by atoms with van der Waals surface area (Å²) < 4.78 is 26.1. The zero-order valence-corrected chi connectivity index (χ0v) is 12.1. The summed E-state index contributed by atoms with van der Waals surface area (Å²) >= 11 is 0. The van der Waals surface area contributed by atoms with Crippen LogP contribution < -0.4 is 5.73 Å². The van der Waals surface area contributed by atoms with Crippen molar-refractivity contribution in [3.63, 3.8) is 0 Å². The fraction of sp³-hybridized carbons (Fsp3) is 0.333. The minimum atomic E-state index is -0.525. The predicted octanol–water partition coefficient (Wildman–Crippen LogP) is 4.25. The lowest BCUT2D eigenvalue weighted by Gasteiger charge is -2.11. The molecule has 112 valence electrons. The van der Waals surface area contributed by atoms with E-state index in [0.29, 0.717) is 12.0 Å². The van der Waals surface area contributed by atoms with Crippen LogP contribution in [-0.2, 0) is 12.8 Å². The van der Waals surface area contributed by atoms with Crippen molar-refractivity contribution in [2.45, 2.75) is 38.1 Å². The Balaban J connectivity index is 1.71. The quantitative estimate of drug-likeness (QED) is 0.810. The van der Waals surface area contributed by atoms with Gasteiger partial charge in [-0.05, 0) is 55.4 Å². The lowest BCUT2D eigenvalue weighted by molar-refractivity contribution is 0.540. The molecule has 1 atom stereocenters. The van der Waals surface area contributed by atoms with E-state index in [1.54, 1.807) is 0 Å². The van der Waals surface area contributed by atoms with Crippen LogP contribution in [0.1, 0.15) is 30.4 Å². The van der Waals surface area contributed by atoms with Gasteiger partial charge in [-0.1, -0.05) is 30.3 Å². The molecule has 0 fully saturated rings. The van der Waals surface area contributed by atoms with Crippen molar-refractivity contribution in [2.75, 3.05) is 0 Å². The topological polar surface area (TPSA) is 26.0 Å². The molecular weight excluding hydrogens is 268 g/mol. The van der Waals surface area contributed by atoms with Crippen molar-refractivity contribution in [3.05, 3.63) is 71.3 Å². The SMILES string of the molecule is N[C@H](CCCc1ccccc1)CCc1cc(F)cc(F)c1. The highest BCUT2D eigenvalue weighted by atomic mass is 19.1. The molecule has 0 spiro atoms. The third-order valence-corrected chi connectivity index (χ3v) is 3.61. The number of halogens is 2. The third kappa shape index (κ3) is 5.64. The summed E-state index contributed by atoms with van der Waals surface area (Å²) in [6.07, 6.45) is 4.33. The molecule has 3 heteroatoms. The van der Waals surface area contributed by atoms with Crippen molar-refractivity contribution in [2.24, 2.45) is 5.73 Å². The average molecular weight is 289 g/mol. The van der Waals surface area contributed by atoms with Crippen LogP contribution >= 0.6 is 0 Å². The normalized spacial score (nSPS) is 12.3. The molecule has 0 aliphatic heterocycles. The summed E-state index contributed by atoms with van der Waals surface area (Å²) in [5.41, 5.74) is 8.06. The molecular formula is C18H21F2N. The van der Waals surface area contributed by atoms with E-state index in [-0.39, 0.29) is 6.04 Å². The molecule has 0 aliphatic carbocycles. The lowest BCUT2D eigenvalue weighted by atomic mass is 10.00. The number of hydrogen-bond donors (Lipinski definition) is 1. The number of rotatable bonds is 7. The first-order valence-electron chi connectivity index (χ1n) is 7.38. The largest absolute Gasteiger partial charge is 0.328 e. The molecule has 0 amide bonds. The molecule has 2 N–H and O–H groups in total. The highest BCUT2D eigenvalue weighted by Crippen LogP contribution is 2.13. The first-order valence-corrected chi connectivity index (χ1v) is 7.38. The predicted molar refractivity (Wildman–Crippen MR) is 82.0 cm³/mol. The minimum absolute atomic E-state index is 0.0695. The molecule has 2 aromatic carbocycles. The van der Waals surface area contributed by atoms with Gasteiger partial charge in [0.2, 0.25) is 0 Å². The van der Waals surface area contributed by atoms with E-state index in [1.807, 2.05) is 18.2 Å². The molecule has 0 radical (unpaired) electrons. The van der Waals surface area contributed by atoms with Crippen LogP contribution in [0.4, 0.5) is 8.78 Å². The van der Waals surface area contributed by atoms with Gasteiger partial charge in [-0.25, -0.2) is 8.78 Å². The molecule has 2 rings (SSSR count). The zero-order chi connectivity index (χ0) is 15.1. The first kappa shape index (κ1) is 15.6. The fourth-order valence-corrected chi connectivity index (χ4v) is 2.46. The van der Waals surface area contributed by atoms with E-state index >= 15 is 0 Å². The Morgan fingerprint density at radius 3 is 2.14 bits per heavy atom. The Hall–Kier alpha value is -1.74. The van der Waals surface area contributed by atoms with E-state index in [2.05, 4.69) is 12.1 Å². The monoisotopic (exact) mass is 289 g/mol. The van der Waals surface area contributed by atoms with Crippen molar-refractivity contribution < 1.29 is 8.78 Å². The van der Waals surface area contributed by atoms with Gasteiger partial charge in [0, 0.05) is 12.1 Å². The maximum atomic E-state index is 13.1. The van der Waals surface area contributed by atoms with Crippen LogP contribution in [0, 0.1) is 11.6 Å². The number of benzene rings is 2. The van der Waals surface area contributed by atoms with Crippen molar-refractivity contribution >= 4 is 0 Å². The molecule has 0 heterocycles. The maximum Gasteiger partial charge on any atom is 0.126 e. The zero-order valence-electron chi connectivity index (χ0n) is 12.1. The van der Waals surface area contributed by atoms with Crippen LogP contribution in [0.5, 0.6) is 0 Å². The molecule has 0 aromatic heterocycles. The van der Waals surface area contributed by atoms with E-state index in [4.69, 9.17) is 5.73 Å². The first-order chi connectivity index (χ1) is 10.1. The fourth-order valence-electron chi connectivity index (χ4n) is 2.46. The lowest BCUT2D eigenvalue weighted by Crippen LogP contribution is -2.20. The molecule has 2 aromatic rings. The van der Waals surface area contributed by atoms with Crippen LogP contribution in [0.2, 0.25) is 0 Å². The molecule has 0 aliphatic rings. The van der Waals surface area contributed by atoms with Gasteiger partial charge in [0.05, 0.1) is 0 Å². The second-order valence-electron chi connectivity index (χ2n) is 5.45. The Kier molecular flexibility index (Phi) is 5.88. The Bertz CT molecular complexity index is 534. The van der Waals surface area contributed by atoms with Gasteiger partial charge < -0.3 is 5.73 Å². The van der Waals surface area contributed by atoms with Crippen LogP contribution in [-0.4, -0.2) is 6.04 Å². The third-order valence-electron chi connectivity index (χ3n) is 3.61. The standard InChI is InChI=1S/C18H21F2N/c19-16-11-15(12-17(20)13-16)9-10-18(21)8-4-7-14-5-2-1-3-6-14/h1-3,5-6,11-13,18H,4,7-10,21H2/t18-/m1/s1. The Morgan fingerprint density at radius 2 is 1.48 bits per heavy atom. The summed E-state index contributed by atoms with van der Waals surface area (Å²) in [7, 11) is 0. The van der Waals surface area contributed by atoms with Crippen LogP contribution in [0.3, 0.4) is 0 Å². The van der Waals surface area contributed by atoms with Crippen LogP contribution in [0.15, 0.2) is 48.5 Å². The van der Waals surface area contributed by atoms with E-state index in [1.165, 1.54) is 17.7 Å². The van der Waals surface area contributed by atoms with Crippen molar-refractivity contribution in [1.82, 2.24) is 0 Å². The number of hydrogen-bond acceptors (Lipinski definition) is 1. The Morgan fingerprint density at radius 1 is 0.810 bits per heavy atom. The van der Waals surface area contributed by atoms with E-state index in [0.717, 1.165) is 31.7 Å². The van der Waals surface area contributed by atoms with Crippen molar-refractivity contribution in [1.29, 1.82) is 0 Å². The summed E-state index contributed by atoms with van der Waals surface area (Å²) in [6.45, 7) is 0. The van der Waals surface area contributed by atoms with E-state index in [9.17, 15) is 8.78 Å². The highest BCUT2D eigenvalue weighted by molar-refractivity contribution is 5.18. The second kappa shape index (κ2) is 7.89. The molecule has 0 unspecified atom stereocenters. The van der Waals surface area contributed by atoms with Gasteiger partial charge in [0.1, 0.15) is 11.6 Å². The molecule has 1 nitrogen and oxygen atoms in total. The molecule has 21 heavy (non-hydrogen) atoms. The number of nitrogens with two attached hydrogens (primary N) is 1. The van der Waals surface area contributed by atoms with Crippen molar-refractivity contribution in [3.8, 4) is 0 Å². The molecule has 0 saturated carbocycles. The van der Waals surface area contributed by atoms with Gasteiger partial charge in [-0.3, -0.25) is 0 Å². The van der Waals surface area contributed by atoms with E-state index < -0.39 is 11.6 Å². The summed E-state index contributed by atoms with van der Waals surface area (Å²) in [5.74, 6) is -1.05. The highest BCUT2D eigenvalue weighted by Gasteiger charge is 2.06. The number of aryl methyl sites for hydroxylation is 2. The van der Waals surface area contributed by atoms with Gasteiger partial charge in [-0.2, -0.15) is 0 Å². The average Bonchev–Trinajstić information content (AvgIpc) is 2.45. The van der Waals surface area contributed by atoms with Gasteiger partial charge in [-0.15, -0.1) is 0 Å². The van der Waals surface area contributed by atoms with Gasteiger partial charge in [0.25, 0.3) is 0 Å². The van der Waals surface area contributed by atoms with Gasteiger partial charge >= 0.3 is 0 Å². The maximum absolute atomic E-state index is 13.1. The smallest absolute Gasteiger partial charge is 0.126 e.